The number of nitrogens with one attached hydrogen (secondary N) is 1. The molecule has 2 rings (SSSR count). The minimum absolute atomic E-state index is 0.0107. The zero-order valence-electron chi connectivity index (χ0n) is 10.8. The van der Waals surface area contributed by atoms with E-state index in [-0.39, 0.29) is 22.7 Å². The van der Waals surface area contributed by atoms with E-state index in [0.717, 1.165) is 12.8 Å². The third kappa shape index (κ3) is 3.61. The third-order valence-electron chi connectivity index (χ3n) is 3.14. The van der Waals surface area contributed by atoms with Crippen molar-refractivity contribution in [2.75, 3.05) is 18.4 Å². The molecule has 1 aliphatic rings. The van der Waals surface area contributed by atoms with Gasteiger partial charge in [0.05, 0.1) is 5.56 Å². The Hall–Kier alpha value is -1.79. The van der Waals surface area contributed by atoms with Gasteiger partial charge >= 0.3 is 12.0 Å². The molecular weight excluding hydrogens is 282 g/mol. The van der Waals surface area contributed by atoms with Crippen LogP contribution >= 0.6 is 11.6 Å². The SMILES string of the molecule is NC1CCCN(C(=O)Nc2cc(Cl)cc(C(=O)O)c2)C1. The fourth-order valence-corrected chi connectivity index (χ4v) is 2.42. The van der Waals surface area contributed by atoms with Crippen molar-refractivity contribution in [2.45, 2.75) is 18.9 Å². The van der Waals surface area contributed by atoms with Crippen LogP contribution in [0.2, 0.25) is 5.02 Å². The Bertz CT molecular complexity index is 536. The van der Waals surface area contributed by atoms with E-state index >= 15 is 0 Å². The summed E-state index contributed by atoms with van der Waals surface area (Å²) in [5.41, 5.74) is 6.21. The topological polar surface area (TPSA) is 95.7 Å². The summed E-state index contributed by atoms with van der Waals surface area (Å²) in [6.45, 7) is 1.14. The second kappa shape index (κ2) is 6.11. The molecule has 0 aliphatic carbocycles. The normalized spacial score (nSPS) is 18.7. The Balaban J connectivity index is 2.09. The van der Waals surface area contributed by atoms with Gasteiger partial charge in [0.2, 0.25) is 0 Å². The minimum atomic E-state index is -1.09. The summed E-state index contributed by atoms with van der Waals surface area (Å²) in [4.78, 5) is 24.6. The first-order chi connectivity index (χ1) is 9.45. The number of hydrogen-bond acceptors (Lipinski definition) is 3. The average molecular weight is 298 g/mol. The summed E-state index contributed by atoms with van der Waals surface area (Å²) in [6, 6.07) is 3.91. The van der Waals surface area contributed by atoms with Gasteiger partial charge < -0.3 is 21.1 Å². The number of nitrogens with zero attached hydrogens (tertiary/aromatic N) is 1. The number of carbonyl (C=O) groups is 2. The first kappa shape index (κ1) is 14.6. The van der Waals surface area contributed by atoms with Crippen LogP contribution in [-0.2, 0) is 0 Å². The summed E-state index contributed by atoms with van der Waals surface area (Å²) in [7, 11) is 0. The Kier molecular flexibility index (Phi) is 4.46. The zero-order valence-corrected chi connectivity index (χ0v) is 11.6. The number of nitrogens with two attached hydrogens (primary N) is 1. The van der Waals surface area contributed by atoms with Crippen molar-refractivity contribution in [1.29, 1.82) is 0 Å². The van der Waals surface area contributed by atoms with Gasteiger partial charge in [-0.1, -0.05) is 11.6 Å². The van der Waals surface area contributed by atoms with E-state index in [1.807, 2.05) is 0 Å². The van der Waals surface area contributed by atoms with E-state index in [4.69, 9.17) is 22.4 Å². The number of urea groups is 1. The average Bonchev–Trinajstić information content (AvgIpc) is 2.37. The van der Waals surface area contributed by atoms with Crippen molar-refractivity contribution < 1.29 is 14.7 Å². The summed E-state index contributed by atoms with van der Waals surface area (Å²) in [6.07, 6.45) is 1.77. The monoisotopic (exact) mass is 297 g/mol. The number of likely N-dealkylation sites (tertiary alicyclic amines) is 1. The molecule has 4 N–H and O–H groups in total. The fourth-order valence-electron chi connectivity index (χ4n) is 2.18. The Morgan fingerprint density at radius 1 is 1.40 bits per heavy atom. The molecule has 0 radical (unpaired) electrons. The van der Waals surface area contributed by atoms with Crippen molar-refractivity contribution in [3.05, 3.63) is 28.8 Å². The molecule has 1 atom stereocenters. The highest BCUT2D eigenvalue weighted by Crippen LogP contribution is 2.20. The number of carbonyl (C=O) groups excluding carboxylic acids is 1. The van der Waals surface area contributed by atoms with Crippen LogP contribution in [0.25, 0.3) is 0 Å². The number of rotatable bonds is 2. The molecule has 1 aromatic rings. The molecule has 7 heteroatoms. The molecule has 2 amide bonds. The molecule has 20 heavy (non-hydrogen) atoms. The lowest BCUT2D eigenvalue weighted by Gasteiger charge is -2.30. The van der Waals surface area contributed by atoms with E-state index in [0.29, 0.717) is 18.8 Å². The van der Waals surface area contributed by atoms with Crippen LogP contribution in [-0.4, -0.2) is 41.1 Å². The molecule has 0 saturated carbocycles. The van der Waals surface area contributed by atoms with Crippen LogP contribution in [0, 0.1) is 0 Å². The third-order valence-corrected chi connectivity index (χ3v) is 3.36. The van der Waals surface area contributed by atoms with E-state index in [1.54, 1.807) is 4.90 Å². The zero-order chi connectivity index (χ0) is 14.7. The highest BCUT2D eigenvalue weighted by molar-refractivity contribution is 6.31. The quantitative estimate of drug-likeness (QED) is 0.778. The molecule has 0 spiro atoms. The van der Waals surface area contributed by atoms with Gasteiger partial charge in [-0.05, 0) is 31.0 Å². The number of carboxylic acid groups (broad SMARTS) is 1. The Labute approximate surface area is 121 Å². The predicted octanol–water partition coefficient (Wildman–Crippen LogP) is 1.99. The van der Waals surface area contributed by atoms with Crippen molar-refractivity contribution in [3.63, 3.8) is 0 Å². The maximum absolute atomic E-state index is 12.1. The smallest absolute Gasteiger partial charge is 0.335 e. The second-order valence-corrected chi connectivity index (χ2v) is 5.25. The van der Waals surface area contributed by atoms with E-state index in [9.17, 15) is 9.59 Å². The number of amides is 2. The lowest BCUT2D eigenvalue weighted by molar-refractivity contribution is 0.0697. The molecule has 108 valence electrons. The number of piperidine rings is 1. The number of benzene rings is 1. The highest BCUT2D eigenvalue weighted by Gasteiger charge is 2.21. The van der Waals surface area contributed by atoms with Gasteiger partial charge in [-0.3, -0.25) is 0 Å². The largest absolute Gasteiger partial charge is 0.478 e. The molecule has 1 aromatic carbocycles. The van der Waals surface area contributed by atoms with Gasteiger partial charge in [-0.15, -0.1) is 0 Å². The summed E-state index contributed by atoms with van der Waals surface area (Å²) in [5.74, 6) is -1.09. The maximum Gasteiger partial charge on any atom is 0.335 e. The molecule has 1 unspecified atom stereocenters. The molecular formula is C13H16ClN3O3. The number of anilines is 1. The van der Waals surface area contributed by atoms with Crippen LogP contribution in [0.3, 0.4) is 0 Å². The molecule has 6 nitrogen and oxygen atoms in total. The standard InChI is InChI=1S/C13H16ClN3O3/c14-9-4-8(12(18)19)5-11(6-9)16-13(20)17-3-1-2-10(15)7-17/h4-6,10H,1-3,7,15H2,(H,16,20)(H,18,19). The molecule has 0 aromatic heterocycles. The number of hydrogen-bond donors (Lipinski definition) is 3. The number of carboxylic acids is 1. The van der Waals surface area contributed by atoms with Gasteiger partial charge in [0.1, 0.15) is 0 Å². The van der Waals surface area contributed by atoms with E-state index in [1.165, 1.54) is 18.2 Å². The first-order valence-corrected chi connectivity index (χ1v) is 6.69. The Morgan fingerprint density at radius 2 is 2.15 bits per heavy atom. The van der Waals surface area contributed by atoms with Gasteiger partial charge in [-0.2, -0.15) is 0 Å². The van der Waals surface area contributed by atoms with Gasteiger partial charge in [-0.25, -0.2) is 9.59 Å². The summed E-state index contributed by atoms with van der Waals surface area (Å²) in [5, 5.41) is 11.9. The Morgan fingerprint density at radius 3 is 2.80 bits per heavy atom. The number of halogens is 1. The fraction of sp³-hybridized carbons (Fsp3) is 0.385. The predicted molar refractivity (Wildman–Crippen MR) is 76.2 cm³/mol. The maximum atomic E-state index is 12.1. The van der Waals surface area contributed by atoms with Crippen LogP contribution in [0.1, 0.15) is 23.2 Å². The summed E-state index contributed by atoms with van der Waals surface area (Å²) < 4.78 is 0. The number of aromatic carboxylic acids is 1. The molecule has 1 aliphatic heterocycles. The van der Waals surface area contributed by atoms with Gasteiger partial charge in [0.15, 0.2) is 0 Å². The molecule has 1 saturated heterocycles. The first-order valence-electron chi connectivity index (χ1n) is 6.31. The van der Waals surface area contributed by atoms with E-state index in [2.05, 4.69) is 5.32 Å². The second-order valence-electron chi connectivity index (χ2n) is 4.81. The van der Waals surface area contributed by atoms with Crippen LogP contribution in [0.15, 0.2) is 18.2 Å². The van der Waals surface area contributed by atoms with Crippen molar-refractivity contribution >= 4 is 29.3 Å². The van der Waals surface area contributed by atoms with Crippen molar-refractivity contribution in [2.24, 2.45) is 5.73 Å². The van der Waals surface area contributed by atoms with Gasteiger partial charge in [0.25, 0.3) is 0 Å². The van der Waals surface area contributed by atoms with Crippen LogP contribution in [0.5, 0.6) is 0 Å². The molecule has 1 heterocycles. The lowest BCUT2D eigenvalue weighted by Crippen LogP contribution is -2.47. The van der Waals surface area contributed by atoms with Crippen molar-refractivity contribution in [3.8, 4) is 0 Å². The van der Waals surface area contributed by atoms with Crippen molar-refractivity contribution in [1.82, 2.24) is 4.90 Å². The highest BCUT2D eigenvalue weighted by atomic mass is 35.5. The van der Waals surface area contributed by atoms with E-state index < -0.39 is 5.97 Å². The van der Waals surface area contributed by atoms with Crippen LogP contribution in [0.4, 0.5) is 10.5 Å². The summed E-state index contributed by atoms with van der Waals surface area (Å²) >= 11 is 5.84. The lowest BCUT2D eigenvalue weighted by atomic mass is 10.1. The molecule has 1 fully saturated rings. The van der Waals surface area contributed by atoms with Crippen LogP contribution < -0.4 is 11.1 Å². The molecule has 0 bridgehead atoms. The van der Waals surface area contributed by atoms with Gasteiger partial charge in [0, 0.05) is 29.8 Å². The minimum Gasteiger partial charge on any atom is -0.478 e.